The van der Waals surface area contributed by atoms with Gasteiger partial charge in [-0.3, -0.25) is 4.48 Å². The Bertz CT molecular complexity index is 319. The lowest BCUT2D eigenvalue weighted by Crippen LogP contribution is -2.47. The topological polar surface area (TPSA) is 32.6 Å². The molecule has 3 heteroatoms. The molecule has 0 aromatic carbocycles. The second-order valence-electron chi connectivity index (χ2n) is 8.08. The van der Waals surface area contributed by atoms with Crippen LogP contribution in [0.1, 0.15) is 103 Å². The molecule has 1 atom stereocenters. The van der Waals surface area contributed by atoms with Gasteiger partial charge in [-0.1, -0.05) is 84.0 Å². The second-order valence-corrected chi connectivity index (χ2v) is 8.08. The van der Waals surface area contributed by atoms with E-state index in [-0.39, 0.29) is 0 Å². The molecule has 1 aliphatic rings. The van der Waals surface area contributed by atoms with E-state index in [9.17, 15) is 0 Å². The monoisotopic (exact) mass is 353 g/mol. The number of nitrogens with zero attached hydrogens (tertiary/aromatic N) is 2. The first-order chi connectivity index (χ1) is 12.3. The zero-order valence-electron chi connectivity index (χ0n) is 17.1. The lowest BCUT2D eigenvalue weighted by molar-refractivity contribution is -0.829. The van der Waals surface area contributed by atoms with Crippen LogP contribution in [0.4, 0.5) is 0 Å². The number of aliphatic hydroxyl groups excluding tert-OH is 1. The van der Waals surface area contributed by atoms with Crippen molar-refractivity contribution in [2.75, 3.05) is 32.8 Å². The number of aliphatic imine (C=N–C) groups is 1. The summed E-state index contributed by atoms with van der Waals surface area (Å²) in [6.07, 6.45) is 22.9. The maximum Gasteiger partial charge on any atom is 0.185 e. The summed E-state index contributed by atoms with van der Waals surface area (Å²) in [4.78, 5) is 4.44. The van der Waals surface area contributed by atoms with Gasteiger partial charge < -0.3 is 5.11 Å². The zero-order valence-corrected chi connectivity index (χ0v) is 17.1. The summed E-state index contributed by atoms with van der Waals surface area (Å²) in [6, 6.07) is 0. The number of rotatable bonds is 18. The van der Waals surface area contributed by atoms with Crippen molar-refractivity contribution in [2.24, 2.45) is 4.99 Å². The Hall–Kier alpha value is -0.410. The third-order valence-corrected chi connectivity index (χ3v) is 5.72. The van der Waals surface area contributed by atoms with Crippen LogP contribution < -0.4 is 0 Å². The maximum atomic E-state index is 9.08. The Morgan fingerprint density at radius 3 is 1.64 bits per heavy atom. The molecule has 148 valence electrons. The quantitative estimate of drug-likeness (QED) is 0.248. The lowest BCUT2D eigenvalue weighted by Gasteiger charge is -2.30. The van der Waals surface area contributed by atoms with Crippen molar-refractivity contribution in [3.05, 3.63) is 0 Å². The molecule has 0 aliphatic carbocycles. The lowest BCUT2D eigenvalue weighted by atomic mass is 10.0. The van der Waals surface area contributed by atoms with Gasteiger partial charge in [0.2, 0.25) is 0 Å². The first-order valence-electron chi connectivity index (χ1n) is 11.3. The van der Waals surface area contributed by atoms with Crippen molar-refractivity contribution < 1.29 is 9.59 Å². The van der Waals surface area contributed by atoms with E-state index in [0.29, 0.717) is 6.61 Å². The normalized spacial score (nSPS) is 19.8. The minimum atomic E-state index is 0.312. The molecule has 0 radical (unpaired) electrons. The molecule has 0 saturated carbocycles. The van der Waals surface area contributed by atoms with E-state index in [1.807, 2.05) is 0 Å². The Morgan fingerprint density at radius 2 is 1.20 bits per heavy atom. The van der Waals surface area contributed by atoms with Crippen molar-refractivity contribution in [1.82, 2.24) is 0 Å². The first-order valence-corrected chi connectivity index (χ1v) is 11.3. The highest BCUT2D eigenvalue weighted by atomic mass is 16.3. The van der Waals surface area contributed by atoms with Crippen LogP contribution in [0.25, 0.3) is 0 Å². The van der Waals surface area contributed by atoms with Crippen LogP contribution in [0.3, 0.4) is 0 Å². The van der Waals surface area contributed by atoms with Crippen LogP contribution in [-0.2, 0) is 0 Å². The number of unbranched alkanes of at least 4 members (excludes halogenated alkanes) is 13. The van der Waals surface area contributed by atoms with Crippen molar-refractivity contribution in [2.45, 2.75) is 103 Å². The van der Waals surface area contributed by atoms with Gasteiger partial charge in [0.1, 0.15) is 6.54 Å². The van der Waals surface area contributed by atoms with E-state index in [4.69, 9.17) is 5.11 Å². The van der Waals surface area contributed by atoms with Gasteiger partial charge in [0.15, 0.2) is 6.34 Å². The molecule has 1 heterocycles. The van der Waals surface area contributed by atoms with Crippen LogP contribution in [-0.4, -0.2) is 48.7 Å². The van der Waals surface area contributed by atoms with Crippen LogP contribution in [0.2, 0.25) is 0 Å². The Balaban J connectivity index is 1.84. The molecule has 0 saturated heterocycles. The van der Waals surface area contributed by atoms with Crippen molar-refractivity contribution in [1.29, 1.82) is 0 Å². The molecule has 25 heavy (non-hydrogen) atoms. The fourth-order valence-corrected chi connectivity index (χ4v) is 4.00. The highest BCUT2D eigenvalue weighted by Gasteiger charge is 2.27. The third-order valence-electron chi connectivity index (χ3n) is 5.72. The van der Waals surface area contributed by atoms with Crippen molar-refractivity contribution in [3.8, 4) is 0 Å². The molecule has 0 fully saturated rings. The Kier molecular flexibility index (Phi) is 14.3. The summed E-state index contributed by atoms with van der Waals surface area (Å²) in [6.45, 7) is 7.02. The minimum absolute atomic E-state index is 0.312. The molecule has 3 nitrogen and oxygen atoms in total. The molecule has 1 unspecified atom stereocenters. The van der Waals surface area contributed by atoms with E-state index < -0.39 is 0 Å². The molecule has 1 N–H and O–H groups in total. The van der Waals surface area contributed by atoms with Crippen molar-refractivity contribution in [3.63, 3.8) is 0 Å². The van der Waals surface area contributed by atoms with Gasteiger partial charge in [0.05, 0.1) is 19.6 Å². The third kappa shape index (κ3) is 11.8. The zero-order chi connectivity index (χ0) is 18.1. The molecule has 0 aromatic heterocycles. The van der Waals surface area contributed by atoms with E-state index in [1.54, 1.807) is 0 Å². The second kappa shape index (κ2) is 15.8. The number of quaternary nitrogens is 1. The molecular formula is C22H45N2O+. The molecule has 0 aromatic rings. The highest BCUT2D eigenvalue weighted by Crippen LogP contribution is 2.16. The molecule has 0 amide bonds. The van der Waals surface area contributed by atoms with Crippen LogP contribution in [0.5, 0.6) is 0 Å². The van der Waals surface area contributed by atoms with Gasteiger partial charge in [0, 0.05) is 13.0 Å². The molecule has 0 spiro atoms. The highest BCUT2D eigenvalue weighted by molar-refractivity contribution is 5.48. The standard InChI is InChI=1S/C22H45N2O/c1-2-3-4-5-6-7-8-9-10-11-12-13-14-15-18-24(19-16-21-25)20-17-23-22-24/h22,25H,2-21H2,1H3/q+1. The fourth-order valence-electron chi connectivity index (χ4n) is 4.00. The van der Waals surface area contributed by atoms with E-state index in [0.717, 1.165) is 30.5 Å². The van der Waals surface area contributed by atoms with Crippen LogP contribution in [0.15, 0.2) is 4.99 Å². The fraction of sp³-hybridized carbons (Fsp3) is 0.955. The number of hydrogen-bond donors (Lipinski definition) is 1. The van der Waals surface area contributed by atoms with Gasteiger partial charge in [-0.25, -0.2) is 4.99 Å². The Labute approximate surface area is 157 Å². The minimum Gasteiger partial charge on any atom is -0.396 e. The average Bonchev–Trinajstić information content (AvgIpc) is 3.09. The smallest absolute Gasteiger partial charge is 0.185 e. The SMILES string of the molecule is CCCCCCCCCCCCCCCC[N+]1(CCCO)C=NCC1. The van der Waals surface area contributed by atoms with Crippen molar-refractivity contribution >= 4 is 6.34 Å². The molecule has 1 aliphatic heterocycles. The van der Waals surface area contributed by atoms with E-state index in [2.05, 4.69) is 18.3 Å². The Morgan fingerprint density at radius 1 is 0.720 bits per heavy atom. The summed E-state index contributed by atoms with van der Waals surface area (Å²) in [5.74, 6) is 0. The summed E-state index contributed by atoms with van der Waals surface area (Å²) in [5.41, 5.74) is 0. The number of aliphatic hydroxyl groups is 1. The average molecular weight is 354 g/mol. The summed E-state index contributed by atoms with van der Waals surface area (Å²) in [7, 11) is 0. The predicted molar refractivity (Wildman–Crippen MR) is 110 cm³/mol. The summed E-state index contributed by atoms with van der Waals surface area (Å²) < 4.78 is 1.03. The van der Waals surface area contributed by atoms with Crippen LogP contribution in [0, 0.1) is 0 Å². The van der Waals surface area contributed by atoms with E-state index in [1.165, 1.54) is 96.4 Å². The maximum absolute atomic E-state index is 9.08. The van der Waals surface area contributed by atoms with Gasteiger partial charge in [-0.15, -0.1) is 0 Å². The first kappa shape index (κ1) is 22.6. The predicted octanol–water partition coefficient (Wildman–Crippen LogP) is 5.71. The van der Waals surface area contributed by atoms with Gasteiger partial charge >= 0.3 is 0 Å². The largest absolute Gasteiger partial charge is 0.396 e. The molecular weight excluding hydrogens is 308 g/mol. The van der Waals surface area contributed by atoms with E-state index >= 15 is 0 Å². The van der Waals surface area contributed by atoms with Crippen LogP contribution >= 0.6 is 0 Å². The van der Waals surface area contributed by atoms with Gasteiger partial charge in [-0.2, -0.15) is 0 Å². The molecule has 0 bridgehead atoms. The van der Waals surface area contributed by atoms with Gasteiger partial charge in [-0.05, 0) is 12.8 Å². The summed E-state index contributed by atoms with van der Waals surface area (Å²) >= 11 is 0. The molecule has 1 rings (SSSR count). The summed E-state index contributed by atoms with van der Waals surface area (Å²) in [5, 5.41) is 9.08. The van der Waals surface area contributed by atoms with Gasteiger partial charge in [0.25, 0.3) is 0 Å². The number of hydrogen-bond acceptors (Lipinski definition) is 2.